The van der Waals surface area contributed by atoms with E-state index in [9.17, 15) is 0 Å². The number of pyridine rings is 1. The molecule has 60 valence electrons. The molecule has 0 unspecified atom stereocenters. The van der Waals surface area contributed by atoms with Gasteiger partial charge in [0.1, 0.15) is 0 Å². The summed E-state index contributed by atoms with van der Waals surface area (Å²) in [5.74, 6) is 0. The van der Waals surface area contributed by atoms with E-state index in [0.29, 0.717) is 0 Å². The third-order valence-electron chi connectivity index (χ3n) is 1.70. The summed E-state index contributed by atoms with van der Waals surface area (Å²) in [4.78, 5) is 4.03. The molecule has 0 aliphatic heterocycles. The quantitative estimate of drug-likeness (QED) is 0.631. The highest BCUT2D eigenvalue weighted by Gasteiger charge is 1.97. The molecule has 0 saturated carbocycles. The van der Waals surface area contributed by atoms with E-state index in [1.165, 1.54) is 0 Å². The van der Waals surface area contributed by atoms with Gasteiger partial charge in [0.05, 0.1) is 6.20 Å². The van der Waals surface area contributed by atoms with Gasteiger partial charge in [-0.15, -0.1) is 0 Å². The molecule has 12 heavy (non-hydrogen) atoms. The minimum atomic E-state index is 1.10. The number of rotatable bonds is 1. The zero-order chi connectivity index (χ0) is 8.39. The molecule has 2 aromatic heterocycles. The van der Waals surface area contributed by atoms with Crippen LogP contribution >= 0.6 is 0 Å². The van der Waals surface area contributed by atoms with E-state index in [0.717, 1.165) is 11.1 Å². The van der Waals surface area contributed by atoms with Crippen LogP contribution < -0.4 is 0 Å². The van der Waals surface area contributed by atoms with Gasteiger partial charge in [-0.3, -0.25) is 9.67 Å². The summed E-state index contributed by atoms with van der Waals surface area (Å²) in [7, 11) is 1.90. The van der Waals surface area contributed by atoms with Gasteiger partial charge in [0.25, 0.3) is 0 Å². The van der Waals surface area contributed by atoms with E-state index in [1.807, 2.05) is 37.8 Å². The van der Waals surface area contributed by atoms with Gasteiger partial charge in [-0.05, 0) is 6.07 Å². The van der Waals surface area contributed by atoms with Crippen molar-refractivity contribution in [3.8, 4) is 11.1 Å². The van der Waals surface area contributed by atoms with E-state index in [2.05, 4.69) is 10.1 Å². The number of hydrogen-bond acceptors (Lipinski definition) is 2. The van der Waals surface area contributed by atoms with Crippen molar-refractivity contribution >= 4 is 0 Å². The summed E-state index contributed by atoms with van der Waals surface area (Å²) in [6.45, 7) is 0. The lowest BCUT2D eigenvalue weighted by molar-refractivity contribution is 0.768. The van der Waals surface area contributed by atoms with Crippen molar-refractivity contribution in [3.63, 3.8) is 0 Å². The molecular weight excluding hydrogens is 150 g/mol. The molecule has 0 spiro atoms. The third kappa shape index (κ3) is 1.21. The first-order valence-electron chi connectivity index (χ1n) is 3.75. The van der Waals surface area contributed by atoms with Crippen molar-refractivity contribution in [3.05, 3.63) is 36.9 Å². The summed E-state index contributed by atoms with van der Waals surface area (Å²) in [5.41, 5.74) is 2.20. The monoisotopic (exact) mass is 159 g/mol. The largest absolute Gasteiger partial charge is 0.275 e. The van der Waals surface area contributed by atoms with E-state index in [1.54, 1.807) is 10.9 Å². The van der Waals surface area contributed by atoms with Crippen LogP contribution in [0.2, 0.25) is 0 Å². The molecule has 0 saturated heterocycles. The van der Waals surface area contributed by atoms with E-state index >= 15 is 0 Å². The van der Waals surface area contributed by atoms with Crippen molar-refractivity contribution in [2.24, 2.45) is 7.05 Å². The van der Waals surface area contributed by atoms with Crippen molar-refractivity contribution in [1.82, 2.24) is 14.8 Å². The summed E-state index contributed by atoms with van der Waals surface area (Å²) < 4.78 is 1.78. The maximum Gasteiger partial charge on any atom is 0.0568 e. The Kier molecular flexibility index (Phi) is 1.63. The van der Waals surface area contributed by atoms with Crippen LogP contribution in [0, 0.1) is 0 Å². The average molecular weight is 159 g/mol. The predicted molar refractivity (Wildman–Crippen MR) is 46.4 cm³/mol. The first-order valence-corrected chi connectivity index (χ1v) is 3.75. The van der Waals surface area contributed by atoms with Crippen LogP contribution in [0.4, 0.5) is 0 Å². The van der Waals surface area contributed by atoms with Gasteiger partial charge in [-0.2, -0.15) is 5.10 Å². The average Bonchev–Trinajstić information content (AvgIpc) is 2.54. The zero-order valence-electron chi connectivity index (χ0n) is 6.81. The highest BCUT2D eigenvalue weighted by Crippen LogP contribution is 2.15. The van der Waals surface area contributed by atoms with Crippen LogP contribution in [0.5, 0.6) is 0 Å². The fourth-order valence-corrected chi connectivity index (χ4v) is 1.10. The van der Waals surface area contributed by atoms with Crippen molar-refractivity contribution in [2.45, 2.75) is 0 Å². The van der Waals surface area contributed by atoms with Gasteiger partial charge >= 0.3 is 0 Å². The molecule has 0 amide bonds. The minimum absolute atomic E-state index is 1.10. The topological polar surface area (TPSA) is 30.7 Å². The zero-order valence-corrected chi connectivity index (χ0v) is 6.81. The van der Waals surface area contributed by atoms with E-state index < -0.39 is 0 Å². The standard InChI is InChI=1S/C9H9N3/c1-12-7-9(6-11-12)8-3-2-4-10-5-8/h2-7H,1H3. The van der Waals surface area contributed by atoms with E-state index in [4.69, 9.17) is 0 Å². The molecule has 0 aromatic carbocycles. The SMILES string of the molecule is Cn1cc(-c2cccnc2)cn1. The van der Waals surface area contributed by atoms with Gasteiger partial charge in [-0.1, -0.05) is 6.07 Å². The fourth-order valence-electron chi connectivity index (χ4n) is 1.10. The Bertz CT molecular complexity index is 364. The van der Waals surface area contributed by atoms with Gasteiger partial charge < -0.3 is 0 Å². The summed E-state index contributed by atoms with van der Waals surface area (Å²) in [6, 6.07) is 3.94. The van der Waals surface area contributed by atoms with Crippen molar-refractivity contribution in [2.75, 3.05) is 0 Å². The number of aryl methyl sites for hydroxylation is 1. The molecule has 0 aliphatic carbocycles. The smallest absolute Gasteiger partial charge is 0.0568 e. The third-order valence-corrected chi connectivity index (χ3v) is 1.70. The number of hydrogen-bond donors (Lipinski definition) is 0. The molecule has 0 radical (unpaired) electrons. The normalized spacial score (nSPS) is 10.1. The van der Waals surface area contributed by atoms with Gasteiger partial charge in [0.15, 0.2) is 0 Å². The highest BCUT2D eigenvalue weighted by atomic mass is 15.2. The molecule has 2 heterocycles. The summed E-state index contributed by atoms with van der Waals surface area (Å²) in [5, 5.41) is 4.08. The minimum Gasteiger partial charge on any atom is -0.275 e. The Balaban J connectivity index is 2.45. The lowest BCUT2D eigenvalue weighted by Crippen LogP contribution is -1.84. The summed E-state index contributed by atoms with van der Waals surface area (Å²) in [6.07, 6.45) is 7.39. The molecule has 3 heteroatoms. The van der Waals surface area contributed by atoms with Crippen LogP contribution in [-0.2, 0) is 7.05 Å². The molecule has 0 atom stereocenters. The molecule has 2 rings (SSSR count). The first-order chi connectivity index (χ1) is 5.86. The molecule has 0 N–H and O–H groups in total. The van der Waals surface area contributed by atoms with Crippen molar-refractivity contribution in [1.29, 1.82) is 0 Å². The second-order valence-electron chi connectivity index (χ2n) is 2.64. The van der Waals surface area contributed by atoms with Crippen molar-refractivity contribution < 1.29 is 0 Å². The summed E-state index contributed by atoms with van der Waals surface area (Å²) >= 11 is 0. The number of nitrogens with zero attached hydrogens (tertiary/aromatic N) is 3. The maximum atomic E-state index is 4.08. The van der Waals surface area contributed by atoms with Gasteiger partial charge in [0.2, 0.25) is 0 Å². The molecule has 3 nitrogen and oxygen atoms in total. The molecular formula is C9H9N3. The maximum absolute atomic E-state index is 4.08. The molecule has 0 aliphatic rings. The van der Waals surface area contributed by atoms with Gasteiger partial charge in [-0.25, -0.2) is 0 Å². The van der Waals surface area contributed by atoms with Crippen LogP contribution in [0.25, 0.3) is 11.1 Å². The Morgan fingerprint density at radius 1 is 1.25 bits per heavy atom. The van der Waals surface area contributed by atoms with Crippen LogP contribution in [-0.4, -0.2) is 14.8 Å². The Hall–Kier alpha value is -1.64. The number of aromatic nitrogens is 3. The fraction of sp³-hybridized carbons (Fsp3) is 0.111. The van der Waals surface area contributed by atoms with E-state index in [-0.39, 0.29) is 0 Å². The lowest BCUT2D eigenvalue weighted by atomic mass is 10.2. The Labute approximate surface area is 70.7 Å². The predicted octanol–water partition coefficient (Wildman–Crippen LogP) is 1.48. The van der Waals surface area contributed by atoms with Crippen LogP contribution in [0.15, 0.2) is 36.9 Å². The van der Waals surface area contributed by atoms with Crippen LogP contribution in [0.3, 0.4) is 0 Å². The highest BCUT2D eigenvalue weighted by molar-refractivity contribution is 5.59. The first kappa shape index (κ1) is 7.03. The Morgan fingerprint density at radius 2 is 2.17 bits per heavy atom. The lowest BCUT2D eigenvalue weighted by Gasteiger charge is -1.92. The molecule has 2 aromatic rings. The van der Waals surface area contributed by atoms with Gasteiger partial charge in [0, 0.05) is 36.8 Å². The second kappa shape index (κ2) is 2.77. The molecule has 0 bridgehead atoms. The molecule has 0 fully saturated rings. The second-order valence-corrected chi connectivity index (χ2v) is 2.64. The Morgan fingerprint density at radius 3 is 2.75 bits per heavy atom. The van der Waals surface area contributed by atoms with Crippen LogP contribution in [0.1, 0.15) is 0 Å².